The molecule has 0 bridgehead atoms. The van der Waals surface area contributed by atoms with Crippen molar-refractivity contribution >= 4 is 17.3 Å². The minimum atomic E-state index is -1.00. The van der Waals surface area contributed by atoms with Crippen LogP contribution in [0, 0.1) is 6.92 Å². The van der Waals surface area contributed by atoms with Gasteiger partial charge in [-0.3, -0.25) is 0 Å². The van der Waals surface area contributed by atoms with E-state index in [4.69, 9.17) is 5.73 Å². The molecule has 0 aliphatic heterocycles. The Morgan fingerprint density at radius 1 is 1.29 bits per heavy atom. The summed E-state index contributed by atoms with van der Waals surface area (Å²) in [7, 11) is 0. The van der Waals surface area contributed by atoms with Gasteiger partial charge in [-0.25, -0.2) is 4.79 Å². The first kappa shape index (κ1) is 14.9. The largest absolute Gasteiger partial charge is 0.478 e. The molecule has 4 heteroatoms. The van der Waals surface area contributed by atoms with Gasteiger partial charge in [-0.1, -0.05) is 30.3 Å². The molecule has 0 saturated heterocycles. The number of hydrogen-bond acceptors (Lipinski definition) is 3. The average molecular weight is 284 g/mol. The number of nitrogen functional groups attached to an aromatic ring is 1. The number of rotatable bonds is 5. The van der Waals surface area contributed by atoms with E-state index in [1.807, 2.05) is 31.2 Å². The third-order valence-electron chi connectivity index (χ3n) is 3.42. The van der Waals surface area contributed by atoms with Crippen LogP contribution in [0.3, 0.4) is 0 Å². The van der Waals surface area contributed by atoms with Crippen LogP contribution in [0.4, 0.5) is 11.4 Å². The smallest absolute Gasteiger partial charge is 0.337 e. The lowest BCUT2D eigenvalue weighted by Crippen LogP contribution is -2.18. The van der Waals surface area contributed by atoms with E-state index in [9.17, 15) is 9.90 Å². The number of carbonyl (C=O) groups is 1. The van der Waals surface area contributed by atoms with Crippen molar-refractivity contribution in [1.29, 1.82) is 0 Å². The van der Waals surface area contributed by atoms with Crippen LogP contribution in [0.15, 0.2) is 42.5 Å². The molecule has 0 saturated carbocycles. The summed E-state index contributed by atoms with van der Waals surface area (Å²) in [6.45, 7) is 3.88. The predicted octanol–water partition coefficient (Wildman–Crippen LogP) is 3.32. The Morgan fingerprint density at radius 3 is 2.57 bits per heavy atom. The maximum absolute atomic E-state index is 11.2. The molecule has 0 fully saturated rings. The van der Waals surface area contributed by atoms with Crippen molar-refractivity contribution in [2.75, 3.05) is 11.1 Å². The van der Waals surface area contributed by atoms with E-state index in [-0.39, 0.29) is 11.6 Å². The summed E-state index contributed by atoms with van der Waals surface area (Å²) in [6, 6.07) is 13.8. The van der Waals surface area contributed by atoms with Gasteiger partial charge in [0.1, 0.15) is 0 Å². The van der Waals surface area contributed by atoms with Gasteiger partial charge < -0.3 is 16.2 Å². The second kappa shape index (κ2) is 6.31. The number of anilines is 2. The van der Waals surface area contributed by atoms with Gasteiger partial charge in [0.2, 0.25) is 0 Å². The minimum absolute atomic E-state index is 0.143. The zero-order chi connectivity index (χ0) is 15.4. The Hall–Kier alpha value is -2.49. The molecule has 2 aromatic rings. The van der Waals surface area contributed by atoms with E-state index in [0.29, 0.717) is 5.69 Å². The molecule has 0 aliphatic rings. The first-order chi connectivity index (χ1) is 9.97. The van der Waals surface area contributed by atoms with Gasteiger partial charge in [0.25, 0.3) is 0 Å². The summed E-state index contributed by atoms with van der Waals surface area (Å²) < 4.78 is 0. The van der Waals surface area contributed by atoms with E-state index < -0.39 is 5.97 Å². The van der Waals surface area contributed by atoms with Gasteiger partial charge in [-0.15, -0.1) is 0 Å². The highest BCUT2D eigenvalue weighted by Crippen LogP contribution is 2.23. The predicted molar refractivity (Wildman–Crippen MR) is 85.8 cm³/mol. The van der Waals surface area contributed by atoms with Crippen LogP contribution in [0.25, 0.3) is 0 Å². The summed E-state index contributed by atoms with van der Waals surface area (Å²) >= 11 is 0. The maximum atomic E-state index is 11.2. The summed E-state index contributed by atoms with van der Waals surface area (Å²) in [6.07, 6.45) is 0.868. The Morgan fingerprint density at radius 2 is 1.95 bits per heavy atom. The number of nitrogens with one attached hydrogen (secondary N) is 1. The first-order valence-electron chi connectivity index (χ1n) is 6.91. The van der Waals surface area contributed by atoms with Crippen LogP contribution in [0.1, 0.15) is 28.4 Å². The molecule has 0 aliphatic carbocycles. The maximum Gasteiger partial charge on any atom is 0.337 e. The molecule has 0 amide bonds. The van der Waals surface area contributed by atoms with E-state index in [1.165, 1.54) is 5.56 Å². The van der Waals surface area contributed by atoms with Crippen molar-refractivity contribution in [2.45, 2.75) is 26.3 Å². The van der Waals surface area contributed by atoms with Gasteiger partial charge in [0.05, 0.1) is 5.56 Å². The summed E-state index contributed by atoms with van der Waals surface area (Å²) in [5.41, 5.74) is 9.05. The topological polar surface area (TPSA) is 75.3 Å². The standard InChI is InChI=1S/C17H20N2O2/c1-11-8-14(10-15(16(11)18)17(20)21)19-12(2)9-13-6-4-3-5-7-13/h3-8,10,12,19H,9,18H2,1-2H3,(H,20,21). The fraction of sp³-hybridized carbons (Fsp3) is 0.235. The fourth-order valence-electron chi connectivity index (χ4n) is 2.36. The SMILES string of the molecule is Cc1cc(NC(C)Cc2ccccc2)cc(C(=O)O)c1N. The van der Waals surface area contributed by atoms with Crippen LogP contribution < -0.4 is 11.1 Å². The third kappa shape index (κ3) is 3.75. The molecule has 0 heterocycles. The molecule has 1 unspecified atom stereocenters. The van der Waals surface area contributed by atoms with Gasteiger partial charge in [-0.2, -0.15) is 0 Å². The number of aromatic carboxylic acids is 1. The van der Waals surface area contributed by atoms with E-state index in [1.54, 1.807) is 6.07 Å². The van der Waals surface area contributed by atoms with E-state index >= 15 is 0 Å². The zero-order valence-electron chi connectivity index (χ0n) is 12.3. The molecule has 110 valence electrons. The monoisotopic (exact) mass is 284 g/mol. The van der Waals surface area contributed by atoms with Crippen LogP contribution in [0.5, 0.6) is 0 Å². The van der Waals surface area contributed by atoms with E-state index in [0.717, 1.165) is 17.7 Å². The molecule has 4 nitrogen and oxygen atoms in total. The lowest BCUT2D eigenvalue weighted by atomic mass is 10.0. The lowest BCUT2D eigenvalue weighted by molar-refractivity contribution is 0.0698. The van der Waals surface area contributed by atoms with Crippen LogP contribution in [-0.4, -0.2) is 17.1 Å². The van der Waals surface area contributed by atoms with Crippen LogP contribution in [0.2, 0.25) is 0 Å². The highest BCUT2D eigenvalue weighted by atomic mass is 16.4. The Bertz CT molecular complexity index is 639. The lowest BCUT2D eigenvalue weighted by Gasteiger charge is -2.17. The van der Waals surface area contributed by atoms with E-state index in [2.05, 4.69) is 24.4 Å². The molecule has 1 atom stereocenters. The zero-order valence-corrected chi connectivity index (χ0v) is 12.3. The van der Waals surface area contributed by atoms with Crippen molar-refractivity contribution in [1.82, 2.24) is 0 Å². The normalized spacial score (nSPS) is 11.9. The highest BCUT2D eigenvalue weighted by molar-refractivity contribution is 5.95. The highest BCUT2D eigenvalue weighted by Gasteiger charge is 2.13. The Labute approximate surface area is 124 Å². The molecule has 2 aromatic carbocycles. The molecule has 0 aromatic heterocycles. The number of carboxylic acids is 1. The number of carboxylic acid groups (broad SMARTS) is 1. The molecule has 4 N–H and O–H groups in total. The summed E-state index contributed by atoms with van der Waals surface area (Å²) in [4.78, 5) is 11.2. The second-order valence-electron chi connectivity index (χ2n) is 5.29. The van der Waals surface area contributed by atoms with Crippen molar-refractivity contribution in [3.63, 3.8) is 0 Å². The quantitative estimate of drug-likeness (QED) is 0.736. The Balaban J connectivity index is 2.14. The fourth-order valence-corrected chi connectivity index (χ4v) is 2.36. The van der Waals surface area contributed by atoms with Crippen molar-refractivity contribution in [3.8, 4) is 0 Å². The number of aryl methyl sites for hydroxylation is 1. The van der Waals surface area contributed by atoms with Crippen molar-refractivity contribution in [2.24, 2.45) is 0 Å². The third-order valence-corrected chi connectivity index (χ3v) is 3.42. The average Bonchev–Trinajstić information content (AvgIpc) is 2.43. The number of benzene rings is 2. The summed E-state index contributed by atoms with van der Waals surface area (Å²) in [5.74, 6) is -1.00. The summed E-state index contributed by atoms with van der Waals surface area (Å²) in [5, 5.41) is 12.5. The Kier molecular flexibility index (Phi) is 4.48. The van der Waals surface area contributed by atoms with Gasteiger partial charge in [0.15, 0.2) is 0 Å². The molecule has 0 radical (unpaired) electrons. The number of hydrogen-bond donors (Lipinski definition) is 3. The number of nitrogens with two attached hydrogens (primary N) is 1. The molecular weight excluding hydrogens is 264 g/mol. The van der Waals surface area contributed by atoms with Gasteiger partial charge in [-0.05, 0) is 43.5 Å². The molecule has 0 spiro atoms. The van der Waals surface area contributed by atoms with Crippen molar-refractivity contribution < 1.29 is 9.90 Å². The van der Waals surface area contributed by atoms with Crippen LogP contribution >= 0.6 is 0 Å². The minimum Gasteiger partial charge on any atom is -0.478 e. The molecule has 21 heavy (non-hydrogen) atoms. The molecule has 2 rings (SSSR count). The van der Waals surface area contributed by atoms with Gasteiger partial charge in [0, 0.05) is 17.4 Å². The van der Waals surface area contributed by atoms with Gasteiger partial charge >= 0.3 is 5.97 Å². The second-order valence-corrected chi connectivity index (χ2v) is 5.29. The van der Waals surface area contributed by atoms with Crippen LogP contribution in [-0.2, 0) is 6.42 Å². The first-order valence-corrected chi connectivity index (χ1v) is 6.91. The van der Waals surface area contributed by atoms with Crippen molar-refractivity contribution in [3.05, 3.63) is 59.2 Å². The molecular formula is C17H20N2O2.